The molecule has 8 nitrogen and oxygen atoms in total. The second-order valence-corrected chi connectivity index (χ2v) is 10.2. The summed E-state index contributed by atoms with van der Waals surface area (Å²) in [5.41, 5.74) is 4.31. The van der Waals surface area contributed by atoms with Crippen LogP contribution in [-0.2, 0) is 14.6 Å². The zero-order chi connectivity index (χ0) is 22.2. The van der Waals surface area contributed by atoms with Crippen molar-refractivity contribution in [2.24, 2.45) is 0 Å². The van der Waals surface area contributed by atoms with Gasteiger partial charge in [-0.3, -0.25) is 4.79 Å². The van der Waals surface area contributed by atoms with E-state index >= 15 is 0 Å². The number of aryl methyl sites for hydroxylation is 2. The minimum Gasteiger partial charge on any atom is -0.383 e. The third-order valence-corrected chi connectivity index (χ3v) is 7.33. The number of hydrogen-bond acceptors (Lipinski definition) is 6. The summed E-state index contributed by atoms with van der Waals surface area (Å²) in [5, 5.41) is 8.13. The topological polar surface area (TPSA) is 103 Å². The van der Waals surface area contributed by atoms with Crippen LogP contribution < -0.4 is 5.32 Å². The molecule has 0 saturated carbocycles. The Morgan fingerprint density at radius 3 is 2.65 bits per heavy atom. The van der Waals surface area contributed by atoms with Gasteiger partial charge in [0, 0.05) is 19.2 Å². The monoisotopic (exact) mass is 442 g/mol. The lowest BCUT2D eigenvalue weighted by Crippen LogP contribution is -2.27. The lowest BCUT2D eigenvalue weighted by atomic mass is 10.0. The number of rotatable bonds is 6. The quantitative estimate of drug-likeness (QED) is 0.588. The Balaban J connectivity index is 1.88. The van der Waals surface area contributed by atoms with Crippen LogP contribution in [0.4, 0.5) is 0 Å². The van der Waals surface area contributed by atoms with E-state index in [1.54, 1.807) is 17.9 Å². The number of benzene rings is 1. The van der Waals surface area contributed by atoms with E-state index in [0.717, 1.165) is 11.1 Å². The number of hydrogen-bond donors (Lipinski definition) is 1. The summed E-state index contributed by atoms with van der Waals surface area (Å²) in [4.78, 5) is 17.9. The van der Waals surface area contributed by atoms with Crippen molar-refractivity contribution in [2.45, 2.75) is 26.3 Å². The Bertz CT molecular complexity index is 1230. The number of carbonyl (C=O) groups is 1. The summed E-state index contributed by atoms with van der Waals surface area (Å²) in [6.07, 6.45) is 0.490. The first-order valence-corrected chi connectivity index (χ1v) is 12.1. The van der Waals surface area contributed by atoms with Gasteiger partial charge < -0.3 is 10.1 Å². The molecule has 1 aliphatic heterocycles. The van der Waals surface area contributed by atoms with Crippen LogP contribution in [0.1, 0.15) is 34.1 Å². The van der Waals surface area contributed by atoms with Crippen LogP contribution in [0.2, 0.25) is 0 Å². The molecule has 2 aromatic heterocycles. The second-order valence-electron chi connectivity index (χ2n) is 7.96. The zero-order valence-electron chi connectivity index (χ0n) is 17.9. The smallest absolute Gasteiger partial charge is 0.252 e. The molecule has 0 bridgehead atoms. The van der Waals surface area contributed by atoms with Gasteiger partial charge in [0.25, 0.3) is 5.91 Å². The minimum absolute atomic E-state index is 0.0367. The van der Waals surface area contributed by atoms with Gasteiger partial charge >= 0.3 is 0 Å². The summed E-state index contributed by atoms with van der Waals surface area (Å²) < 4.78 is 30.9. The molecule has 3 aromatic rings. The number of ether oxygens (including phenoxy) is 1. The molecule has 0 radical (unpaired) electrons. The molecule has 3 heterocycles. The first-order chi connectivity index (χ1) is 14.8. The van der Waals surface area contributed by atoms with Crippen LogP contribution in [0.15, 0.2) is 30.3 Å². The number of amides is 1. The highest BCUT2D eigenvalue weighted by molar-refractivity contribution is 7.91. The minimum atomic E-state index is -3.09. The van der Waals surface area contributed by atoms with Crippen LogP contribution in [0.3, 0.4) is 0 Å². The molecule has 1 amide bonds. The van der Waals surface area contributed by atoms with E-state index in [1.165, 1.54) is 0 Å². The maximum absolute atomic E-state index is 13.0. The van der Waals surface area contributed by atoms with Gasteiger partial charge in [-0.05, 0) is 26.3 Å². The molecule has 1 saturated heterocycles. The second kappa shape index (κ2) is 8.39. The van der Waals surface area contributed by atoms with E-state index in [2.05, 4.69) is 10.4 Å². The highest BCUT2D eigenvalue weighted by Gasteiger charge is 2.32. The number of carbonyl (C=O) groups excluding carboxylic acids is 1. The predicted molar refractivity (Wildman–Crippen MR) is 119 cm³/mol. The van der Waals surface area contributed by atoms with Crippen molar-refractivity contribution in [3.8, 4) is 11.3 Å². The number of pyridine rings is 1. The van der Waals surface area contributed by atoms with Gasteiger partial charge in [0.1, 0.15) is 0 Å². The molecular weight excluding hydrogens is 416 g/mol. The van der Waals surface area contributed by atoms with E-state index < -0.39 is 9.84 Å². The van der Waals surface area contributed by atoms with Crippen molar-refractivity contribution in [1.82, 2.24) is 20.1 Å². The normalized spacial score (nSPS) is 17.8. The highest BCUT2D eigenvalue weighted by Crippen LogP contribution is 2.32. The van der Waals surface area contributed by atoms with Crippen molar-refractivity contribution in [3.05, 3.63) is 47.2 Å². The van der Waals surface area contributed by atoms with Crippen LogP contribution >= 0.6 is 0 Å². The van der Waals surface area contributed by atoms with Gasteiger partial charge in [-0.2, -0.15) is 5.10 Å². The van der Waals surface area contributed by atoms with Crippen molar-refractivity contribution in [1.29, 1.82) is 0 Å². The lowest BCUT2D eigenvalue weighted by Gasteiger charge is -2.12. The maximum atomic E-state index is 13.0. The highest BCUT2D eigenvalue weighted by atomic mass is 32.2. The summed E-state index contributed by atoms with van der Waals surface area (Å²) in [6.45, 7) is 4.62. The van der Waals surface area contributed by atoms with Crippen LogP contribution in [0.25, 0.3) is 22.3 Å². The molecule has 0 unspecified atom stereocenters. The van der Waals surface area contributed by atoms with Gasteiger partial charge in [0.2, 0.25) is 0 Å². The summed E-state index contributed by atoms with van der Waals surface area (Å²) >= 11 is 0. The summed E-state index contributed by atoms with van der Waals surface area (Å²) in [5.74, 6) is -0.0609. The number of aromatic nitrogens is 3. The first-order valence-electron chi connectivity index (χ1n) is 10.2. The molecule has 1 fully saturated rings. The third-order valence-electron chi connectivity index (χ3n) is 5.57. The standard InChI is InChI=1S/C22H26N4O4S/c1-14-4-6-16(7-5-14)19-12-18(22(27)23-9-10-30-3)20-15(2)25-26(21(20)24-19)17-8-11-31(28,29)13-17/h4-7,12,17H,8-11,13H2,1-3H3,(H,23,27)/t17-/m0/s1. The van der Waals surface area contributed by atoms with Crippen LogP contribution in [-0.4, -0.2) is 60.9 Å². The number of methoxy groups -OCH3 is 1. The number of sulfone groups is 1. The maximum Gasteiger partial charge on any atom is 0.252 e. The Labute approximate surface area is 181 Å². The average Bonchev–Trinajstić information content (AvgIpc) is 3.27. The van der Waals surface area contributed by atoms with Crippen LogP contribution in [0, 0.1) is 13.8 Å². The van der Waals surface area contributed by atoms with Crippen molar-refractivity contribution >= 4 is 26.8 Å². The first kappa shape index (κ1) is 21.5. The molecule has 31 heavy (non-hydrogen) atoms. The Morgan fingerprint density at radius 2 is 2.00 bits per heavy atom. The predicted octanol–water partition coefficient (Wildman–Crippen LogP) is 2.45. The van der Waals surface area contributed by atoms with E-state index in [0.29, 0.717) is 47.6 Å². The SMILES string of the molecule is COCCNC(=O)c1cc(-c2ccc(C)cc2)nc2c1c(C)nn2[C@H]1CCS(=O)(=O)C1. The van der Waals surface area contributed by atoms with Crippen LogP contribution in [0.5, 0.6) is 0 Å². The molecule has 0 aliphatic carbocycles. The number of nitrogens with zero attached hydrogens (tertiary/aromatic N) is 3. The number of fused-ring (bicyclic) bond motifs is 1. The Hall–Kier alpha value is -2.78. The van der Waals surface area contributed by atoms with E-state index in [4.69, 9.17) is 9.72 Å². The van der Waals surface area contributed by atoms with Gasteiger partial charge in [-0.1, -0.05) is 29.8 Å². The van der Waals surface area contributed by atoms with Gasteiger partial charge in [-0.25, -0.2) is 18.1 Å². The fraction of sp³-hybridized carbons (Fsp3) is 0.409. The average molecular weight is 443 g/mol. The van der Waals surface area contributed by atoms with Crippen molar-refractivity contribution in [2.75, 3.05) is 31.8 Å². The van der Waals surface area contributed by atoms with Gasteiger partial charge in [0.05, 0.1) is 46.5 Å². The Morgan fingerprint density at radius 1 is 1.26 bits per heavy atom. The van der Waals surface area contributed by atoms with Gasteiger partial charge in [-0.15, -0.1) is 0 Å². The van der Waals surface area contributed by atoms with Crippen molar-refractivity contribution < 1.29 is 17.9 Å². The molecular formula is C22H26N4O4S. The van der Waals surface area contributed by atoms with Crippen molar-refractivity contribution in [3.63, 3.8) is 0 Å². The molecule has 164 valence electrons. The largest absolute Gasteiger partial charge is 0.383 e. The van der Waals surface area contributed by atoms with Gasteiger partial charge in [0.15, 0.2) is 15.5 Å². The molecule has 1 N–H and O–H groups in total. The van der Waals surface area contributed by atoms with E-state index in [-0.39, 0.29) is 23.5 Å². The molecule has 1 aromatic carbocycles. The van der Waals surface area contributed by atoms with E-state index in [9.17, 15) is 13.2 Å². The van der Waals surface area contributed by atoms with E-state index in [1.807, 2.05) is 38.1 Å². The third kappa shape index (κ3) is 4.33. The Kier molecular flexibility index (Phi) is 5.81. The molecule has 0 spiro atoms. The molecule has 4 rings (SSSR count). The molecule has 1 atom stereocenters. The fourth-order valence-corrected chi connectivity index (χ4v) is 5.64. The summed E-state index contributed by atoms with van der Waals surface area (Å²) in [7, 11) is -1.51. The fourth-order valence-electron chi connectivity index (χ4n) is 3.95. The summed E-state index contributed by atoms with van der Waals surface area (Å²) in [6, 6.07) is 9.40. The molecule has 9 heteroatoms. The number of nitrogens with one attached hydrogen (secondary N) is 1. The lowest BCUT2D eigenvalue weighted by molar-refractivity contribution is 0.0938. The zero-order valence-corrected chi connectivity index (χ0v) is 18.7. The molecule has 1 aliphatic rings.